The lowest BCUT2D eigenvalue weighted by Gasteiger charge is -2.11. The molecule has 0 aliphatic rings. The summed E-state index contributed by atoms with van der Waals surface area (Å²) >= 11 is 5.90. The zero-order valence-electron chi connectivity index (χ0n) is 18.2. The van der Waals surface area contributed by atoms with Crippen LogP contribution in [0.15, 0.2) is 79.0 Å². The lowest BCUT2D eigenvalue weighted by molar-refractivity contribution is -0.116. The fourth-order valence-electron chi connectivity index (χ4n) is 3.58. The van der Waals surface area contributed by atoms with E-state index in [0.717, 1.165) is 28.3 Å². The molecule has 4 rings (SSSR count). The Balaban J connectivity index is 1.41. The van der Waals surface area contributed by atoms with Gasteiger partial charge in [0, 0.05) is 35.1 Å². The van der Waals surface area contributed by atoms with Crippen molar-refractivity contribution in [3.8, 4) is 11.6 Å². The smallest absolute Gasteiger partial charge is 0.251 e. The Morgan fingerprint density at radius 3 is 2.33 bits per heavy atom. The van der Waals surface area contributed by atoms with E-state index in [-0.39, 0.29) is 11.7 Å². The molecule has 3 aromatic carbocycles. The predicted octanol–water partition coefficient (Wildman–Crippen LogP) is 5.78. The number of ketones is 1. The second-order valence-corrected chi connectivity index (χ2v) is 8.21. The van der Waals surface area contributed by atoms with Crippen molar-refractivity contribution in [1.29, 1.82) is 0 Å². The number of pyridine rings is 1. The molecule has 0 saturated heterocycles. The van der Waals surface area contributed by atoms with E-state index in [9.17, 15) is 9.59 Å². The number of hydrogen-bond acceptors (Lipinski definition) is 4. The first kappa shape index (κ1) is 22.5. The monoisotopic (exact) mass is 458 g/mol. The molecule has 1 amide bonds. The summed E-state index contributed by atoms with van der Waals surface area (Å²) in [6.07, 6.45) is 2.74. The predicted molar refractivity (Wildman–Crippen MR) is 130 cm³/mol. The molecule has 33 heavy (non-hydrogen) atoms. The highest BCUT2D eigenvalue weighted by atomic mass is 35.5. The quantitative estimate of drug-likeness (QED) is 0.363. The molecule has 0 atom stereocenters. The average molecular weight is 459 g/mol. The first-order chi connectivity index (χ1) is 16.0. The van der Waals surface area contributed by atoms with E-state index < -0.39 is 0 Å². The van der Waals surface area contributed by atoms with Crippen LogP contribution in [0.5, 0.6) is 11.6 Å². The summed E-state index contributed by atoms with van der Waals surface area (Å²) < 4.78 is 6.00. The molecule has 6 heteroatoms. The summed E-state index contributed by atoms with van der Waals surface area (Å²) in [5.41, 5.74) is 2.53. The minimum atomic E-state index is -0.146. The Morgan fingerprint density at radius 2 is 1.64 bits per heavy atom. The molecule has 0 unspecified atom stereocenters. The lowest BCUT2D eigenvalue weighted by Crippen LogP contribution is -2.25. The molecule has 5 nitrogen and oxygen atoms in total. The maximum atomic E-state index is 12.4. The van der Waals surface area contributed by atoms with Gasteiger partial charge in [0.25, 0.3) is 5.91 Å². The zero-order chi connectivity index (χ0) is 23.2. The highest BCUT2D eigenvalue weighted by molar-refractivity contribution is 6.30. The summed E-state index contributed by atoms with van der Waals surface area (Å²) in [6.45, 7) is 2.09. The number of aromatic nitrogens is 1. The summed E-state index contributed by atoms with van der Waals surface area (Å²) in [4.78, 5) is 28.4. The van der Waals surface area contributed by atoms with E-state index in [2.05, 4.69) is 10.3 Å². The van der Waals surface area contributed by atoms with Crippen LogP contribution in [0.4, 0.5) is 0 Å². The van der Waals surface area contributed by atoms with Gasteiger partial charge in [-0.15, -0.1) is 0 Å². The van der Waals surface area contributed by atoms with E-state index in [4.69, 9.17) is 16.3 Å². The summed E-state index contributed by atoms with van der Waals surface area (Å²) in [5, 5.41) is 5.39. The van der Waals surface area contributed by atoms with Gasteiger partial charge in [0.1, 0.15) is 11.5 Å². The van der Waals surface area contributed by atoms with E-state index >= 15 is 0 Å². The van der Waals surface area contributed by atoms with Crippen molar-refractivity contribution >= 4 is 34.1 Å². The van der Waals surface area contributed by atoms with Gasteiger partial charge in [0.05, 0.1) is 0 Å². The normalized spacial score (nSPS) is 10.7. The molecule has 4 aromatic rings. The van der Waals surface area contributed by atoms with Crippen LogP contribution < -0.4 is 10.1 Å². The topological polar surface area (TPSA) is 68.3 Å². The molecule has 0 fully saturated rings. The van der Waals surface area contributed by atoms with Gasteiger partial charge in [-0.3, -0.25) is 9.59 Å². The lowest BCUT2D eigenvalue weighted by atomic mass is 10.0. The average Bonchev–Trinajstić information content (AvgIpc) is 2.82. The highest BCUT2D eigenvalue weighted by Crippen LogP contribution is 2.30. The van der Waals surface area contributed by atoms with Crippen molar-refractivity contribution < 1.29 is 14.3 Å². The number of nitrogens with zero attached hydrogens (tertiary/aromatic N) is 1. The number of Topliss-reactive ketones (excluding diaryl/α,β-unsaturated/α-hetero) is 1. The van der Waals surface area contributed by atoms with Crippen molar-refractivity contribution in [2.75, 3.05) is 6.54 Å². The second-order valence-electron chi connectivity index (χ2n) is 7.77. The minimum Gasteiger partial charge on any atom is -0.438 e. The molecule has 0 spiro atoms. The Hall–Kier alpha value is -3.70. The summed E-state index contributed by atoms with van der Waals surface area (Å²) in [5.74, 6) is 0.966. The largest absolute Gasteiger partial charge is 0.438 e. The van der Waals surface area contributed by atoms with Crippen molar-refractivity contribution in [2.45, 2.75) is 19.8 Å². The first-order valence-corrected chi connectivity index (χ1v) is 11.0. The zero-order valence-corrected chi connectivity index (χ0v) is 18.9. The standard InChI is InChI=1S/C27H23ClN2O3/c1-18(31)16-21-17-30-27(25-5-3-2-4-24(21)25)33-23-12-8-20(9-13-23)26(32)29-15-14-19-6-10-22(28)11-7-19/h2-13,17H,14-16H2,1H3,(H,29,32). The number of halogens is 1. The van der Waals surface area contributed by atoms with Crippen LogP contribution in [0, 0.1) is 0 Å². The Labute approximate surface area is 197 Å². The number of carbonyl (C=O) groups is 2. The summed E-state index contributed by atoms with van der Waals surface area (Å²) in [7, 11) is 0. The van der Waals surface area contributed by atoms with Crippen LogP contribution in [0.3, 0.4) is 0 Å². The van der Waals surface area contributed by atoms with Gasteiger partial charge in [-0.2, -0.15) is 0 Å². The number of ether oxygens (including phenoxy) is 1. The third-order valence-corrected chi connectivity index (χ3v) is 5.48. The van der Waals surface area contributed by atoms with Crippen molar-refractivity contribution in [3.05, 3.63) is 101 Å². The number of benzene rings is 3. The molecule has 1 heterocycles. The SMILES string of the molecule is CC(=O)Cc1cnc(Oc2ccc(C(=O)NCCc3ccc(Cl)cc3)cc2)c2ccccc12. The third-order valence-electron chi connectivity index (χ3n) is 5.22. The maximum Gasteiger partial charge on any atom is 0.251 e. The number of amides is 1. The third kappa shape index (κ3) is 5.76. The molecule has 1 N–H and O–H groups in total. The number of rotatable bonds is 8. The highest BCUT2D eigenvalue weighted by Gasteiger charge is 2.11. The molecule has 0 radical (unpaired) electrons. The molecule has 1 aromatic heterocycles. The van der Waals surface area contributed by atoms with Crippen molar-refractivity contribution in [3.63, 3.8) is 0 Å². The fraction of sp³-hybridized carbons (Fsp3) is 0.148. The van der Waals surface area contributed by atoms with Crippen LogP contribution in [0.1, 0.15) is 28.4 Å². The Morgan fingerprint density at radius 1 is 0.939 bits per heavy atom. The maximum absolute atomic E-state index is 12.4. The molecule has 0 bridgehead atoms. The van der Waals surface area contributed by atoms with Gasteiger partial charge in [-0.25, -0.2) is 4.98 Å². The molecular weight excluding hydrogens is 436 g/mol. The van der Waals surface area contributed by atoms with Crippen LogP contribution in [0.25, 0.3) is 10.8 Å². The van der Waals surface area contributed by atoms with Crippen LogP contribution >= 0.6 is 11.6 Å². The first-order valence-electron chi connectivity index (χ1n) is 10.7. The molecule has 0 aliphatic heterocycles. The second kappa shape index (κ2) is 10.3. The van der Waals surface area contributed by atoms with Crippen LogP contribution in [0.2, 0.25) is 5.02 Å². The molecular formula is C27H23ClN2O3. The van der Waals surface area contributed by atoms with Gasteiger partial charge >= 0.3 is 0 Å². The van der Waals surface area contributed by atoms with E-state index in [0.29, 0.717) is 35.2 Å². The Bertz CT molecular complexity index is 1290. The van der Waals surface area contributed by atoms with E-state index in [1.54, 1.807) is 37.4 Å². The Kier molecular flexibility index (Phi) is 7.01. The number of hydrogen-bond donors (Lipinski definition) is 1. The van der Waals surface area contributed by atoms with Gasteiger partial charge in [0.2, 0.25) is 5.88 Å². The van der Waals surface area contributed by atoms with Crippen molar-refractivity contribution in [2.24, 2.45) is 0 Å². The van der Waals surface area contributed by atoms with Crippen LogP contribution in [-0.4, -0.2) is 23.2 Å². The molecule has 0 aliphatic carbocycles. The number of nitrogens with one attached hydrogen (secondary N) is 1. The molecule has 166 valence electrons. The van der Waals surface area contributed by atoms with Crippen molar-refractivity contribution in [1.82, 2.24) is 10.3 Å². The fourth-order valence-corrected chi connectivity index (χ4v) is 3.70. The number of carbonyl (C=O) groups excluding carboxylic acids is 2. The number of fused-ring (bicyclic) bond motifs is 1. The van der Waals surface area contributed by atoms with Gasteiger partial charge in [-0.05, 0) is 72.3 Å². The van der Waals surface area contributed by atoms with Gasteiger partial charge < -0.3 is 10.1 Å². The van der Waals surface area contributed by atoms with E-state index in [1.807, 2.05) is 48.5 Å². The van der Waals surface area contributed by atoms with Crippen LogP contribution in [-0.2, 0) is 17.6 Å². The van der Waals surface area contributed by atoms with Gasteiger partial charge in [0.15, 0.2) is 0 Å². The van der Waals surface area contributed by atoms with E-state index in [1.165, 1.54) is 0 Å². The molecule has 0 saturated carbocycles. The summed E-state index contributed by atoms with van der Waals surface area (Å²) in [6, 6.07) is 22.2. The van der Waals surface area contributed by atoms with Gasteiger partial charge in [-0.1, -0.05) is 41.9 Å². The minimum absolute atomic E-state index is 0.0812.